The van der Waals surface area contributed by atoms with Crippen LogP contribution in [0.3, 0.4) is 0 Å². The molecule has 1 heterocycles. The van der Waals surface area contributed by atoms with E-state index in [9.17, 15) is 14.7 Å². The number of aliphatic hydroxyl groups excluding tert-OH is 1. The third-order valence-electron chi connectivity index (χ3n) is 3.84. The lowest BCUT2D eigenvalue weighted by Crippen LogP contribution is -2.43. The van der Waals surface area contributed by atoms with Crippen molar-refractivity contribution in [2.24, 2.45) is 0 Å². The normalized spacial score (nSPS) is 15.7. The van der Waals surface area contributed by atoms with Crippen molar-refractivity contribution in [1.29, 1.82) is 0 Å². The molecule has 0 radical (unpaired) electrons. The molecule has 1 saturated carbocycles. The van der Waals surface area contributed by atoms with Crippen LogP contribution in [0.25, 0.3) is 0 Å². The van der Waals surface area contributed by atoms with Crippen LogP contribution in [-0.4, -0.2) is 51.2 Å². The molecule has 1 amide bonds. The summed E-state index contributed by atoms with van der Waals surface area (Å²) in [4.78, 5) is 28.9. The van der Waals surface area contributed by atoms with Crippen LogP contribution in [0, 0.1) is 0 Å². The first-order valence-corrected chi connectivity index (χ1v) is 7.24. The van der Waals surface area contributed by atoms with E-state index in [2.05, 4.69) is 4.98 Å². The molecule has 0 saturated heterocycles. The van der Waals surface area contributed by atoms with E-state index in [1.807, 2.05) is 0 Å². The third-order valence-corrected chi connectivity index (χ3v) is 3.84. The second-order valence-electron chi connectivity index (χ2n) is 5.25. The maximum absolute atomic E-state index is 12.6. The molecular weight excluding hydrogens is 272 g/mol. The van der Waals surface area contributed by atoms with Gasteiger partial charge in [0.2, 0.25) is 0 Å². The van der Waals surface area contributed by atoms with Crippen LogP contribution in [0.1, 0.15) is 53.0 Å². The number of rotatable bonds is 5. The van der Waals surface area contributed by atoms with E-state index in [1.54, 1.807) is 4.90 Å². The van der Waals surface area contributed by atoms with Crippen molar-refractivity contribution < 1.29 is 19.8 Å². The molecule has 0 atom stereocenters. The fraction of sp³-hybridized carbons (Fsp3) is 0.533. The first-order valence-electron chi connectivity index (χ1n) is 7.24. The summed E-state index contributed by atoms with van der Waals surface area (Å²) < 4.78 is 0. The Labute approximate surface area is 123 Å². The number of hydrogen-bond acceptors (Lipinski definition) is 4. The van der Waals surface area contributed by atoms with Gasteiger partial charge in [0.05, 0.1) is 6.61 Å². The lowest BCUT2D eigenvalue weighted by Gasteiger charge is -2.34. The number of carboxylic acids is 1. The second-order valence-corrected chi connectivity index (χ2v) is 5.25. The van der Waals surface area contributed by atoms with E-state index >= 15 is 0 Å². The Bertz CT molecular complexity index is 512. The van der Waals surface area contributed by atoms with Gasteiger partial charge in [-0.1, -0.05) is 19.3 Å². The van der Waals surface area contributed by atoms with Gasteiger partial charge in [0, 0.05) is 24.3 Å². The number of aromatic nitrogens is 1. The average Bonchev–Trinajstić information content (AvgIpc) is 2.53. The Kier molecular flexibility index (Phi) is 5.27. The minimum absolute atomic E-state index is 0.0981. The fourth-order valence-corrected chi connectivity index (χ4v) is 2.80. The van der Waals surface area contributed by atoms with E-state index in [1.165, 1.54) is 24.8 Å². The smallest absolute Gasteiger partial charge is 0.354 e. The van der Waals surface area contributed by atoms with Crippen molar-refractivity contribution in [1.82, 2.24) is 9.88 Å². The molecular formula is C15H20N2O4. The highest BCUT2D eigenvalue weighted by Crippen LogP contribution is 2.24. The highest BCUT2D eigenvalue weighted by molar-refractivity contribution is 5.96. The molecule has 1 aliphatic carbocycles. The molecule has 2 N–H and O–H groups in total. The van der Waals surface area contributed by atoms with Crippen LogP contribution < -0.4 is 0 Å². The summed E-state index contributed by atoms with van der Waals surface area (Å²) in [6.07, 6.45) is 6.53. The van der Waals surface area contributed by atoms with Crippen molar-refractivity contribution in [3.05, 3.63) is 29.6 Å². The molecule has 1 aromatic heterocycles. The van der Waals surface area contributed by atoms with Crippen molar-refractivity contribution in [2.75, 3.05) is 13.2 Å². The summed E-state index contributed by atoms with van der Waals surface area (Å²) in [7, 11) is 0. The Balaban J connectivity index is 2.20. The van der Waals surface area contributed by atoms with Gasteiger partial charge in [0.25, 0.3) is 5.91 Å². The van der Waals surface area contributed by atoms with Gasteiger partial charge in [-0.15, -0.1) is 0 Å². The third kappa shape index (κ3) is 3.78. The predicted octanol–water partition coefficient (Wildman–Crippen LogP) is 1.55. The van der Waals surface area contributed by atoms with E-state index in [0.29, 0.717) is 5.56 Å². The first kappa shape index (κ1) is 15.4. The number of hydrogen-bond donors (Lipinski definition) is 2. The number of nitrogens with zero attached hydrogens (tertiary/aromatic N) is 2. The summed E-state index contributed by atoms with van der Waals surface area (Å²) in [5.74, 6) is -1.39. The van der Waals surface area contributed by atoms with Crippen LogP contribution >= 0.6 is 0 Å². The zero-order valence-corrected chi connectivity index (χ0v) is 11.9. The number of carboxylic acid groups (broad SMARTS) is 1. The van der Waals surface area contributed by atoms with Gasteiger partial charge in [0.1, 0.15) is 5.69 Å². The highest BCUT2D eigenvalue weighted by Gasteiger charge is 2.26. The Hall–Kier alpha value is -1.95. The molecule has 0 aromatic carbocycles. The van der Waals surface area contributed by atoms with Gasteiger partial charge in [-0.05, 0) is 25.0 Å². The molecule has 2 rings (SSSR count). The van der Waals surface area contributed by atoms with Crippen molar-refractivity contribution in [3.8, 4) is 0 Å². The maximum atomic E-state index is 12.6. The highest BCUT2D eigenvalue weighted by atomic mass is 16.4. The van der Waals surface area contributed by atoms with Crippen molar-refractivity contribution in [3.63, 3.8) is 0 Å². The maximum Gasteiger partial charge on any atom is 0.354 e. The molecule has 21 heavy (non-hydrogen) atoms. The van der Waals surface area contributed by atoms with Gasteiger partial charge in [-0.3, -0.25) is 4.79 Å². The molecule has 1 fully saturated rings. The molecule has 1 aliphatic rings. The lowest BCUT2D eigenvalue weighted by molar-refractivity contribution is 0.0585. The molecule has 0 spiro atoms. The fourth-order valence-electron chi connectivity index (χ4n) is 2.80. The number of amides is 1. The number of pyridine rings is 1. The van der Waals surface area contributed by atoms with Gasteiger partial charge >= 0.3 is 5.97 Å². The van der Waals surface area contributed by atoms with Gasteiger partial charge in [-0.25, -0.2) is 9.78 Å². The zero-order chi connectivity index (χ0) is 15.2. The molecule has 0 bridgehead atoms. The van der Waals surface area contributed by atoms with Crippen molar-refractivity contribution >= 4 is 11.9 Å². The van der Waals surface area contributed by atoms with Crippen LogP contribution in [0.2, 0.25) is 0 Å². The minimum Gasteiger partial charge on any atom is -0.477 e. The van der Waals surface area contributed by atoms with Crippen molar-refractivity contribution in [2.45, 2.75) is 38.1 Å². The zero-order valence-electron chi connectivity index (χ0n) is 11.9. The predicted molar refractivity (Wildman–Crippen MR) is 76.2 cm³/mol. The number of aromatic carboxylic acids is 1. The molecule has 0 unspecified atom stereocenters. The molecule has 1 aromatic rings. The van der Waals surface area contributed by atoms with Crippen LogP contribution in [0.5, 0.6) is 0 Å². The molecule has 6 heteroatoms. The summed E-state index contributed by atoms with van der Waals surface area (Å²) in [6.45, 7) is 0.174. The topological polar surface area (TPSA) is 90.7 Å². The van der Waals surface area contributed by atoms with Gasteiger partial charge in [-0.2, -0.15) is 0 Å². The molecule has 6 nitrogen and oxygen atoms in total. The van der Waals surface area contributed by atoms with E-state index in [0.717, 1.165) is 25.7 Å². The molecule has 114 valence electrons. The van der Waals surface area contributed by atoms with E-state index < -0.39 is 5.97 Å². The second kappa shape index (κ2) is 7.17. The van der Waals surface area contributed by atoms with Crippen LogP contribution in [-0.2, 0) is 0 Å². The quantitative estimate of drug-likeness (QED) is 0.859. The van der Waals surface area contributed by atoms with E-state index in [4.69, 9.17) is 5.11 Å². The summed E-state index contributed by atoms with van der Waals surface area (Å²) >= 11 is 0. The Morgan fingerprint density at radius 1 is 1.29 bits per heavy atom. The number of aliphatic hydroxyl groups is 1. The first-order chi connectivity index (χ1) is 10.1. The standard InChI is InChI=1S/C15H20N2O4/c18-9-8-17(12-4-2-1-3-5-12)14(19)11-6-7-16-13(10-11)15(20)21/h6-7,10,12,18H,1-5,8-9H2,(H,20,21). The number of carbonyl (C=O) groups is 2. The SMILES string of the molecule is O=C(O)c1cc(C(=O)N(CCO)C2CCCCC2)ccn1. The lowest BCUT2D eigenvalue weighted by atomic mass is 9.93. The summed E-state index contributed by atoms with van der Waals surface area (Å²) in [6, 6.07) is 2.93. The minimum atomic E-state index is -1.16. The van der Waals surface area contributed by atoms with E-state index in [-0.39, 0.29) is 30.8 Å². The summed E-state index contributed by atoms with van der Waals surface area (Å²) in [5, 5.41) is 18.2. The van der Waals surface area contributed by atoms with Crippen LogP contribution in [0.15, 0.2) is 18.3 Å². The summed E-state index contributed by atoms with van der Waals surface area (Å²) in [5.41, 5.74) is 0.162. The largest absolute Gasteiger partial charge is 0.477 e. The van der Waals surface area contributed by atoms with Gasteiger partial charge in [0.15, 0.2) is 0 Å². The monoisotopic (exact) mass is 292 g/mol. The Morgan fingerprint density at radius 2 is 2.00 bits per heavy atom. The number of carbonyl (C=O) groups excluding carboxylic acids is 1. The average molecular weight is 292 g/mol. The molecule has 0 aliphatic heterocycles. The van der Waals surface area contributed by atoms with Crippen LogP contribution in [0.4, 0.5) is 0 Å². The Morgan fingerprint density at radius 3 is 2.62 bits per heavy atom. The van der Waals surface area contributed by atoms with Gasteiger partial charge < -0.3 is 15.1 Å².